The first-order chi connectivity index (χ1) is 40.6. The maximum absolute atomic E-state index is 14.0. The molecule has 6 N–H and O–H groups in total. The van der Waals surface area contributed by atoms with Gasteiger partial charge in [-0.15, -0.1) is 12.8 Å². The minimum atomic E-state index is -4.74. The Bertz CT molecular complexity index is 4280. The summed E-state index contributed by atoms with van der Waals surface area (Å²) in [7, 11) is 0. The van der Waals surface area contributed by atoms with E-state index in [-0.39, 0.29) is 112 Å². The van der Waals surface area contributed by atoms with Gasteiger partial charge in [-0.3, -0.25) is 4.79 Å². The standard InChI is InChI=1S/C22H14F4N2O2.C22H11F4NO.C21H11F4NO2/c1-2-12-3-6-15(23)11-18(12)20-17(13-4-7-16(29)8-5-13)9-14(22(24,25)26)10-19(20)21(27)28-30;1-2-13-3-6-17(23)11-20(13)21-15(12-27)9-16(22(24,25)26)10-19(21)14-4-7-18(28)8-5-14;22-16-4-1-13(11-27)19(9-16)20-14(10-26)7-15(21(23,24)25)8-18(20)12-2-5-17(28)6-3-12/h1,3-11,29-30H,(H2,27,28);1,3-11,28H;1-9,11,28H. The molecule has 0 spiro atoms. The number of aldehydes is 1. The van der Waals surface area contributed by atoms with Gasteiger partial charge >= 0.3 is 18.5 Å². The van der Waals surface area contributed by atoms with E-state index < -0.39 is 58.5 Å². The molecule has 0 fully saturated rings. The van der Waals surface area contributed by atoms with Crippen LogP contribution in [0.3, 0.4) is 0 Å². The van der Waals surface area contributed by atoms with Gasteiger partial charge < -0.3 is 26.3 Å². The number of hydrogen-bond acceptors (Lipinski definition) is 8. The Morgan fingerprint density at radius 1 is 0.442 bits per heavy atom. The summed E-state index contributed by atoms with van der Waals surface area (Å²) in [5, 5.41) is 59.5. The van der Waals surface area contributed by atoms with Crippen molar-refractivity contribution in [2.24, 2.45) is 10.9 Å². The van der Waals surface area contributed by atoms with Crippen LogP contribution in [0.25, 0.3) is 66.8 Å². The molecule has 9 aromatic rings. The van der Waals surface area contributed by atoms with Crippen LogP contribution in [0.2, 0.25) is 0 Å². The van der Waals surface area contributed by atoms with E-state index >= 15 is 0 Å². The summed E-state index contributed by atoms with van der Waals surface area (Å²) in [6, 6.07) is 34.5. The average Bonchev–Trinajstić information content (AvgIpc) is 0.878. The van der Waals surface area contributed by atoms with Crippen LogP contribution in [0.1, 0.15) is 54.9 Å². The van der Waals surface area contributed by atoms with Crippen molar-refractivity contribution in [3.8, 4) is 121 Å². The van der Waals surface area contributed by atoms with Crippen LogP contribution in [0, 0.1) is 64.8 Å². The van der Waals surface area contributed by atoms with Gasteiger partial charge in [-0.25, -0.2) is 13.2 Å². The number of terminal acetylenes is 2. The quantitative estimate of drug-likeness (QED) is 0.0189. The van der Waals surface area contributed by atoms with Gasteiger partial charge in [0.1, 0.15) is 34.7 Å². The number of carbonyl (C=O) groups is 1. The largest absolute Gasteiger partial charge is 0.508 e. The lowest BCUT2D eigenvalue weighted by atomic mass is 9.86. The number of amidine groups is 1. The lowest BCUT2D eigenvalue weighted by Crippen LogP contribution is -2.17. The first-order valence-corrected chi connectivity index (χ1v) is 24.3. The number of alkyl halides is 9. The van der Waals surface area contributed by atoms with Crippen LogP contribution in [-0.2, 0) is 18.5 Å². The highest BCUT2D eigenvalue weighted by Gasteiger charge is 2.36. The molecule has 9 nitrogen and oxygen atoms in total. The molecule has 0 aliphatic heterocycles. The Hall–Kier alpha value is -11.4. The highest BCUT2D eigenvalue weighted by molar-refractivity contribution is 6.08. The van der Waals surface area contributed by atoms with Crippen LogP contribution in [0.4, 0.5) is 52.7 Å². The van der Waals surface area contributed by atoms with E-state index in [1.54, 1.807) is 12.1 Å². The highest BCUT2D eigenvalue weighted by Crippen LogP contribution is 2.46. The normalized spacial score (nSPS) is 11.3. The molecular formula is C65H36F12N4O5. The summed E-state index contributed by atoms with van der Waals surface area (Å²) in [5.74, 6) is 1.82. The van der Waals surface area contributed by atoms with Gasteiger partial charge in [0.2, 0.25) is 0 Å². The van der Waals surface area contributed by atoms with Crippen LogP contribution >= 0.6 is 0 Å². The zero-order valence-corrected chi connectivity index (χ0v) is 43.5. The summed E-state index contributed by atoms with van der Waals surface area (Å²) in [6.07, 6.45) is -2.73. The summed E-state index contributed by atoms with van der Waals surface area (Å²) in [6.45, 7) is 0. The summed E-state index contributed by atoms with van der Waals surface area (Å²) in [5.41, 5.74) is 3.35. The number of benzene rings is 9. The molecule has 0 saturated heterocycles. The van der Waals surface area contributed by atoms with Gasteiger partial charge in [0.05, 0.1) is 40.0 Å². The molecule has 0 amide bonds. The van der Waals surface area contributed by atoms with Crippen LogP contribution in [0.5, 0.6) is 17.2 Å². The van der Waals surface area contributed by atoms with E-state index in [1.165, 1.54) is 91.0 Å². The van der Waals surface area contributed by atoms with Gasteiger partial charge in [-0.1, -0.05) is 53.4 Å². The zero-order valence-electron chi connectivity index (χ0n) is 43.5. The zero-order chi connectivity index (χ0) is 63.0. The van der Waals surface area contributed by atoms with Crippen molar-refractivity contribution in [2.75, 3.05) is 0 Å². The van der Waals surface area contributed by atoms with E-state index in [9.17, 15) is 83.3 Å². The molecule has 21 heteroatoms. The van der Waals surface area contributed by atoms with E-state index in [1.807, 2.05) is 0 Å². The molecule has 9 rings (SSSR count). The lowest BCUT2D eigenvalue weighted by molar-refractivity contribution is -0.138. The number of nitriles is 2. The number of oxime groups is 1. The number of phenols is 3. The molecule has 0 atom stereocenters. The molecule has 0 unspecified atom stereocenters. The van der Waals surface area contributed by atoms with Crippen molar-refractivity contribution in [1.82, 2.24) is 0 Å². The second-order valence-corrected chi connectivity index (χ2v) is 18.2. The third-order valence-corrected chi connectivity index (χ3v) is 12.8. The summed E-state index contributed by atoms with van der Waals surface area (Å²) < 4.78 is 163. The first kappa shape index (κ1) is 62.2. The fraction of sp³-hybridized carbons (Fsp3) is 0.0462. The number of nitrogens with zero attached hydrogens (tertiary/aromatic N) is 3. The fourth-order valence-corrected chi connectivity index (χ4v) is 8.87. The second-order valence-electron chi connectivity index (χ2n) is 18.2. The molecule has 0 aliphatic rings. The number of hydrogen-bond donors (Lipinski definition) is 5. The Morgan fingerprint density at radius 2 is 0.767 bits per heavy atom. The van der Waals surface area contributed by atoms with Gasteiger partial charge in [0, 0.05) is 50.1 Å². The van der Waals surface area contributed by atoms with Crippen molar-refractivity contribution in [3.63, 3.8) is 0 Å². The Morgan fingerprint density at radius 3 is 1.10 bits per heavy atom. The molecule has 0 bridgehead atoms. The predicted octanol–water partition coefficient (Wildman–Crippen LogP) is 16.3. The molecule has 9 aromatic carbocycles. The minimum Gasteiger partial charge on any atom is -0.508 e. The Kier molecular flexibility index (Phi) is 18.4. The Labute approximate surface area is 480 Å². The third kappa shape index (κ3) is 13.9. The van der Waals surface area contributed by atoms with Crippen molar-refractivity contribution in [2.45, 2.75) is 18.5 Å². The second kappa shape index (κ2) is 25.4. The van der Waals surface area contributed by atoms with Crippen molar-refractivity contribution in [1.29, 1.82) is 10.5 Å². The SMILES string of the molecule is C#Cc1ccc(F)cc1-c1c(/C(N)=N/O)cc(C(F)(F)F)cc1-c1ccc(O)cc1.C#Cc1ccc(F)cc1-c1c(C#N)cc(C(F)(F)F)cc1-c1ccc(O)cc1.N#Cc1cc(C(F)(F)F)cc(-c2ccc(O)cc2)c1-c1cc(F)ccc1C=O. The van der Waals surface area contributed by atoms with E-state index in [0.29, 0.717) is 30.0 Å². The third-order valence-electron chi connectivity index (χ3n) is 12.8. The number of halogens is 12. The lowest BCUT2D eigenvalue weighted by Gasteiger charge is -2.19. The molecular weight excluding hydrogens is 1140 g/mol. The predicted molar refractivity (Wildman–Crippen MR) is 295 cm³/mol. The van der Waals surface area contributed by atoms with Crippen LogP contribution < -0.4 is 5.73 Å². The summed E-state index contributed by atoms with van der Waals surface area (Å²) in [4.78, 5) is 11.4. The average molecular weight is 1180 g/mol. The highest BCUT2D eigenvalue weighted by atomic mass is 19.4. The monoisotopic (exact) mass is 1180 g/mol. The molecule has 0 radical (unpaired) electrons. The number of phenolic OH excluding ortho intramolecular Hbond substituents is 3. The number of carbonyl (C=O) groups excluding carboxylic acids is 1. The van der Waals surface area contributed by atoms with Gasteiger partial charge in [-0.2, -0.15) is 50.0 Å². The topological polar surface area (TPSA) is 184 Å². The molecule has 0 heterocycles. The van der Waals surface area contributed by atoms with Gasteiger partial charge in [0.25, 0.3) is 0 Å². The van der Waals surface area contributed by atoms with Gasteiger partial charge in [0.15, 0.2) is 12.1 Å². The maximum Gasteiger partial charge on any atom is 0.416 e. The molecule has 0 aromatic heterocycles. The number of rotatable bonds is 8. The fourth-order valence-electron chi connectivity index (χ4n) is 8.87. The van der Waals surface area contributed by atoms with E-state index in [0.717, 1.165) is 54.6 Å². The minimum absolute atomic E-state index is 0.00258. The van der Waals surface area contributed by atoms with E-state index in [4.69, 9.17) is 23.8 Å². The summed E-state index contributed by atoms with van der Waals surface area (Å²) >= 11 is 0. The molecule has 0 aliphatic carbocycles. The van der Waals surface area contributed by atoms with Crippen LogP contribution in [0.15, 0.2) is 169 Å². The molecule has 86 heavy (non-hydrogen) atoms. The van der Waals surface area contributed by atoms with Gasteiger partial charge in [-0.05, 0) is 166 Å². The number of aromatic hydroxyl groups is 3. The van der Waals surface area contributed by atoms with Crippen molar-refractivity contribution in [3.05, 3.63) is 231 Å². The van der Waals surface area contributed by atoms with Crippen molar-refractivity contribution < 1.29 is 78.0 Å². The van der Waals surface area contributed by atoms with Crippen LogP contribution in [-0.4, -0.2) is 32.6 Å². The van der Waals surface area contributed by atoms with Crippen molar-refractivity contribution >= 4 is 12.1 Å². The maximum atomic E-state index is 14.0. The Balaban J connectivity index is 0.000000185. The first-order valence-electron chi connectivity index (χ1n) is 24.3. The molecule has 430 valence electrons. The number of nitrogens with two attached hydrogens (primary N) is 1. The van der Waals surface area contributed by atoms with E-state index in [2.05, 4.69) is 17.0 Å². The molecule has 0 saturated carbocycles. The smallest absolute Gasteiger partial charge is 0.416 e.